The Morgan fingerprint density at radius 2 is 1.76 bits per heavy atom. The number of aromatic nitrogens is 4. The van der Waals surface area contributed by atoms with Gasteiger partial charge in [-0.2, -0.15) is 18.3 Å². The van der Waals surface area contributed by atoms with E-state index >= 15 is 0 Å². The molecule has 2 heterocycles. The zero-order valence-corrected chi connectivity index (χ0v) is 22.3. The van der Waals surface area contributed by atoms with E-state index in [1.165, 1.54) is 18.2 Å². The zero-order chi connectivity index (χ0) is 29.0. The molecule has 3 aromatic carbocycles. The summed E-state index contributed by atoms with van der Waals surface area (Å²) in [5.74, 6) is -0.280. The van der Waals surface area contributed by atoms with Gasteiger partial charge in [-0.15, -0.1) is 0 Å². The molecule has 0 aliphatic heterocycles. The fourth-order valence-corrected chi connectivity index (χ4v) is 4.48. The van der Waals surface area contributed by atoms with E-state index in [2.05, 4.69) is 30.8 Å². The number of H-pyrrole nitrogens is 2. The van der Waals surface area contributed by atoms with E-state index in [0.29, 0.717) is 54.3 Å². The van der Waals surface area contributed by atoms with E-state index in [-0.39, 0.29) is 17.5 Å². The molecule has 10 nitrogen and oxygen atoms in total. The highest BCUT2D eigenvalue weighted by molar-refractivity contribution is 6.11. The summed E-state index contributed by atoms with van der Waals surface area (Å²) in [7, 11) is 3.17. The van der Waals surface area contributed by atoms with Crippen molar-refractivity contribution >= 4 is 50.9 Å². The lowest BCUT2D eigenvalue weighted by Gasteiger charge is -2.26. The number of fused-ring (bicyclic) bond motifs is 2. The standard InChI is InChI=1S/C28H28F3N7O3/c1-40-11-9-38(10-12-41-2)25-15-24-23(35-27(36-24)34-21-6-4-3-5-20(21)28(29,30)31)14-19(25)26(39)33-18-8-7-17-16-32-37-22(17)13-18/h3-8,13-16H,9-12H2,1-2H3,(H,32,37)(H,33,39)(H2,34,35,36). The number of methoxy groups -OCH3 is 2. The number of nitrogens with one attached hydrogen (secondary N) is 4. The van der Waals surface area contributed by atoms with Crippen LogP contribution in [0.3, 0.4) is 0 Å². The number of ether oxygens (including phenoxy) is 2. The Labute approximate surface area is 232 Å². The minimum atomic E-state index is -4.55. The molecule has 0 atom stereocenters. The van der Waals surface area contributed by atoms with Crippen LogP contribution in [0.5, 0.6) is 0 Å². The van der Waals surface area contributed by atoms with Crippen LogP contribution >= 0.6 is 0 Å². The third kappa shape index (κ3) is 6.26. The van der Waals surface area contributed by atoms with Crippen LogP contribution < -0.4 is 15.5 Å². The maximum atomic E-state index is 13.7. The minimum Gasteiger partial charge on any atom is -0.383 e. The Morgan fingerprint density at radius 3 is 2.49 bits per heavy atom. The van der Waals surface area contributed by atoms with E-state index in [1.54, 1.807) is 44.7 Å². The number of imidazole rings is 1. The van der Waals surface area contributed by atoms with Crippen LogP contribution in [0.2, 0.25) is 0 Å². The van der Waals surface area contributed by atoms with E-state index < -0.39 is 11.7 Å². The second kappa shape index (κ2) is 11.9. The molecule has 41 heavy (non-hydrogen) atoms. The van der Waals surface area contributed by atoms with Crippen molar-refractivity contribution in [3.05, 3.63) is 71.9 Å². The van der Waals surface area contributed by atoms with Gasteiger partial charge in [0, 0.05) is 38.4 Å². The lowest BCUT2D eigenvalue weighted by Crippen LogP contribution is -2.32. The molecular weight excluding hydrogens is 539 g/mol. The van der Waals surface area contributed by atoms with Gasteiger partial charge >= 0.3 is 6.18 Å². The van der Waals surface area contributed by atoms with Gasteiger partial charge < -0.3 is 30.0 Å². The highest BCUT2D eigenvalue weighted by Gasteiger charge is 2.33. The Hall–Kier alpha value is -4.62. The average Bonchev–Trinajstić information content (AvgIpc) is 3.58. The summed E-state index contributed by atoms with van der Waals surface area (Å²) in [5.41, 5.74) is 2.20. The third-order valence-corrected chi connectivity index (χ3v) is 6.50. The highest BCUT2D eigenvalue weighted by Crippen LogP contribution is 2.36. The van der Waals surface area contributed by atoms with Crippen molar-refractivity contribution in [2.75, 3.05) is 56.1 Å². The molecule has 214 valence electrons. The van der Waals surface area contributed by atoms with E-state index in [4.69, 9.17) is 9.47 Å². The predicted octanol–water partition coefficient (Wildman–Crippen LogP) is 5.55. The highest BCUT2D eigenvalue weighted by atomic mass is 19.4. The van der Waals surface area contributed by atoms with Gasteiger partial charge in [0.1, 0.15) is 0 Å². The fraction of sp³-hybridized carbons (Fsp3) is 0.250. The number of halogens is 3. The lowest BCUT2D eigenvalue weighted by molar-refractivity contribution is -0.136. The molecule has 0 saturated carbocycles. The van der Waals surface area contributed by atoms with Gasteiger partial charge in [0.15, 0.2) is 0 Å². The zero-order valence-electron chi connectivity index (χ0n) is 22.3. The number of benzene rings is 3. The lowest BCUT2D eigenvalue weighted by atomic mass is 10.1. The number of carbonyl (C=O) groups is 1. The van der Waals surface area contributed by atoms with Gasteiger partial charge in [0.25, 0.3) is 5.91 Å². The first-order valence-electron chi connectivity index (χ1n) is 12.7. The van der Waals surface area contributed by atoms with Crippen LogP contribution in [0.25, 0.3) is 21.9 Å². The monoisotopic (exact) mass is 567 g/mol. The third-order valence-electron chi connectivity index (χ3n) is 6.50. The van der Waals surface area contributed by atoms with Crippen molar-refractivity contribution in [2.45, 2.75) is 6.18 Å². The molecule has 0 radical (unpaired) electrons. The Morgan fingerprint density at radius 1 is 1.00 bits per heavy atom. The summed E-state index contributed by atoms with van der Waals surface area (Å²) in [4.78, 5) is 23.1. The molecule has 0 saturated heterocycles. The molecule has 4 N–H and O–H groups in total. The van der Waals surface area contributed by atoms with Crippen molar-refractivity contribution in [1.82, 2.24) is 20.2 Å². The molecule has 0 aliphatic carbocycles. The number of anilines is 4. The van der Waals surface area contributed by atoms with Crippen LogP contribution in [0, 0.1) is 0 Å². The molecule has 13 heteroatoms. The summed E-state index contributed by atoms with van der Waals surface area (Å²) in [6.07, 6.45) is -2.86. The molecule has 2 aromatic heterocycles. The van der Waals surface area contributed by atoms with Crippen LogP contribution in [0.1, 0.15) is 15.9 Å². The Balaban J connectivity index is 1.54. The fourth-order valence-electron chi connectivity index (χ4n) is 4.48. The molecule has 0 aliphatic rings. The molecule has 0 unspecified atom stereocenters. The Kier molecular flexibility index (Phi) is 8.08. The second-order valence-corrected chi connectivity index (χ2v) is 9.24. The number of hydrogen-bond donors (Lipinski definition) is 4. The molecule has 5 rings (SSSR count). The number of rotatable bonds is 11. The maximum absolute atomic E-state index is 13.7. The van der Waals surface area contributed by atoms with Crippen molar-refractivity contribution in [1.29, 1.82) is 0 Å². The molecule has 5 aromatic rings. The van der Waals surface area contributed by atoms with Gasteiger partial charge in [0.05, 0.1) is 58.5 Å². The normalized spacial score (nSPS) is 11.7. The summed E-state index contributed by atoms with van der Waals surface area (Å²) >= 11 is 0. The number of carbonyl (C=O) groups excluding carboxylic acids is 1. The number of alkyl halides is 3. The SMILES string of the molecule is COCCN(CCOC)c1cc2nc(Nc3ccccc3C(F)(F)F)[nH]c2cc1C(=O)Nc1ccc2cn[nH]c2c1. The largest absolute Gasteiger partial charge is 0.418 e. The number of amides is 1. The first kappa shape index (κ1) is 27.9. The second-order valence-electron chi connectivity index (χ2n) is 9.24. The van der Waals surface area contributed by atoms with Crippen LogP contribution in [0.15, 0.2) is 60.8 Å². The molecule has 0 fully saturated rings. The quantitative estimate of drug-likeness (QED) is 0.165. The van der Waals surface area contributed by atoms with Gasteiger partial charge in [0.2, 0.25) is 5.95 Å². The summed E-state index contributed by atoms with van der Waals surface area (Å²) in [5, 5.41) is 13.5. The average molecular weight is 568 g/mol. The van der Waals surface area contributed by atoms with E-state index in [9.17, 15) is 18.0 Å². The van der Waals surface area contributed by atoms with Gasteiger partial charge in [-0.3, -0.25) is 9.89 Å². The van der Waals surface area contributed by atoms with Crippen LogP contribution in [-0.4, -0.2) is 66.6 Å². The topological polar surface area (TPSA) is 120 Å². The van der Waals surface area contributed by atoms with Gasteiger partial charge in [-0.25, -0.2) is 4.98 Å². The molecule has 0 spiro atoms. The van der Waals surface area contributed by atoms with Gasteiger partial charge in [-0.05, 0) is 42.5 Å². The van der Waals surface area contributed by atoms with E-state index in [1.807, 2.05) is 11.0 Å². The molecule has 0 bridgehead atoms. The predicted molar refractivity (Wildman–Crippen MR) is 151 cm³/mol. The van der Waals surface area contributed by atoms with E-state index in [0.717, 1.165) is 17.0 Å². The van der Waals surface area contributed by atoms with Crippen LogP contribution in [-0.2, 0) is 15.7 Å². The maximum Gasteiger partial charge on any atom is 0.418 e. The number of para-hydroxylation sites is 1. The summed E-state index contributed by atoms with van der Waals surface area (Å²) in [6.45, 7) is 1.70. The first-order valence-corrected chi connectivity index (χ1v) is 12.7. The summed E-state index contributed by atoms with van der Waals surface area (Å²) < 4.78 is 51.2. The van der Waals surface area contributed by atoms with Gasteiger partial charge in [-0.1, -0.05) is 12.1 Å². The molecular formula is C28H28F3N7O3. The minimum absolute atomic E-state index is 0.102. The molecule has 1 amide bonds. The number of aromatic amines is 2. The number of nitrogens with zero attached hydrogens (tertiary/aromatic N) is 3. The van der Waals surface area contributed by atoms with Crippen molar-refractivity contribution in [3.63, 3.8) is 0 Å². The van der Waals surface area contributed by atoms with Crippen molar-refractivity contribution in [3.8, 4) is 0 Å². The van der Waals surface area contributed by atoms with Crippen LogP contribution in [0.4, 0.5) is 36.2 Å². The van der Waals surface area contributed by atoms with Crippen molar-refractivity contribution < 1.29 is 27.4 Å². The Bertz CT molecular complexity index is 1660. The smallest absolute Gasteiger partial charge is 0.383 e. The number of hydrogen-bond acceptors (Lipinski definition) is 7. The first-order chi connectivity index (χ1) is 19.8. The summed E-state index contributed by atoms with van der Waals surface area (Å²) in [6, 6.07) is 13.9. The van der Waals surface area contributed by atoms with Crippen molar-refractivity contribution in [2.24, 2.45) is 0 Å².